The van der Waals surface area contributed by atoms with Gasteiger partial charge in [0.25, 0.3) is 0 Å². The van der Waals surface area contributed by atoms with Crippen LogP contribution in [0.15, 0.2) is 30.5 Å². The molecule has 2 aromatic rings. The Morgan fingerprint density at radius 3 is 2.43 bits per heavy atom. The molecule has 0 spiro atoms. The van der Waals surface area contributed by atoms with Gasteiger partial charge in [-0.3, -0.25) is 0 Å². The van der Waals surface area contributed by atoms with E-state index in [-0.39, 0.29) is 0 Å². The minimum absolute atomic E-state index is 0.525. The summed E-state index contributed by atoms with van der Waals surface area (Å²) in [5, 5.41) is 11.2. The number of nitrogens with one attached hydrogen (secondary N) is 1. The van der Waals surface area contributed by atoms with Gasteiger partial charge in [0, 0.05) is 13.1 Å². The lowest BCUT2D eigenvalue weighted by atomic mass is 10.3. The summed E-state index contributed by atoms with van der Waals surface area (Å²) in [5.74, 6) is 2.94. The fraction of sp³-hybridized carbons (Fsp3) is 0.438. The van der Waals surface area contributed by atoms with Crippen LogP contribution in [0.25, 0.3) is 0 Å². The van der Waals surface area contributed by atoms with Crippen LogP contribution in [0, 0.1) is 0 Å². The molecule has 124 valence electrons. The van der Waals surface area contributed by atoms with Gasteiger partial charge >= 0.3 is 0 Å². The number of methoxy groups -OCH3 is 1. The molecule has 0 radical (unpaired) electrons. The maximum Gasteiger partial charge on any atom is 0.247 e. The first-order chi connectivity index (χ1) is 11.3. The molecule has 1 N–H and O–H groups in total. The van der Waals surface area contributed by atoms with E-state index in [2.05, 4.69) is 34.3 Å². The zero-order valence-corrected chi connectivity index (χ0v) is 13.8. The van der Waals surface area contributed by atoms with Crippen LogP contribution in [-0.2, 0) is 0 Å². The van der Waals surface area contributed by atoms with Gasteiger partial charge in [-0.15, -0.1) is 5.10 Å². The van der Waals surface area contributed by atoms with Gasteiger partial charge in [-0.1, -0.05) is 0 Å². The van der Waals surface area contributed by atoms with Crippen LogP contribution in [0.5, 0.6) is 11.5 Å². The molecule has 0 fully saturated rings. The molecule has 7 heteroatoms. The zero-order chi connectivity index (χ0) is 16.5. The molecule has 23 heavy (non-hydrogen) atoms. The van der Waals surface area contributed by atoms with E-state index in [0.29, 0.717) is 24.9 Å². The maximum absolute atomic E-state index is 5.65. The molecule has 0 saturated heterocycles. The van der Waals surface area contributed by atoms with Crippen LogP contribution >= 0.6 is 0 Å². The van der Waals surface area contributed by atoms with Gasteiger partial charge in [-0.25, -0.2) is 0 Å². The first kappa shape index (κ1) is 16.8. The quantitative estimate of drug-likeness (QED) is 0.711. The fourth-order valence-corrected chi connectivity index (χ4v) is 2.04. The molecule has 0 aliphatic heterocycles. The van der Waals surface area contributed by atoms with Crippen molar-refractivity contribution in [1.82, 2.24) is 15.2 Å². The maximum atomic E-state index is 5.65. The van der Waals surface area contributed by atoms with Crippen molar-refractivity contribution in [1.29, 1.82) is 0 Å². The van der Waals surface area contributed by atoms with Crippen molar-refractivity contribution in [2.24, 2.45) is 0 Å². The van der Waals surface area contributed by atoms with Crippen LogP contribution in [0.4, 0.5) is 11.8 Å². The summed E-state index contributed by atoms with van der Waals surface area (Å²) in [6.07, 6.45) is 1.61. The third-order valence-corrected chi connectivity index (χ3v) is 3.33. The van der Waals surface area contributed by atoms with E-state index in [0.717, 1.165) is 24.6 Å². The lowest BCUT2D eigenvalue weighted by molar-refractivity contribution is 0.331. The minimum Gasteiger partial charge on any atom is -0.497 e. The summed E-state index contributed by atoms with van der Waals surface area (Å²) in [5.41, 5.74) is 0. The number of rotatable bonds is 9. The molecule has 0 atom stereocenters. The van der Waals surface area contributed by atoms with E-state index in [1.807, 2.05) is 29.2 Å². The van der Waals surface area contributed by atoms with Gasteiger partial charge in [0.2, 0.25) is 5.95 Å². The molecule has 0 saturated carbocycles. The zero-order valence-electron chi connectivity index (χ0n) is 13.8. The van der Waals surface area contributed by atoms with Crippen molar-refractivity contribution >= 4 is 11.8 Å². The molecule has 1 heterocycles. The molecule has 7 nitrogen and oxygen atoms in total. The number of nitrogens with zero attached hydrogens (tertiary/aromatic N) is 4. The van der Waals surface area contributed by atoms with Crippen molar-refractivity contribution in [3.8, 4) is 11.5 Å². The Hall–Kier alpha value is -2.57. The Morgan fingerprint density at radius 2 is 1.78 bits per heavy atom. The second-order valence-corrected chi connectivity index (χ2v) is 4.76. The number of hydrogen-bond donors (Lipinski definition) is 1. The van der Waals surface area contributed by atoms with Gasteiger partial charge in [-0.05, 0) is 38.1 Å². The van der Waals surface area contributed by atoms with E-state index in [4.69, 9.17) is 9.47 Å². The number of benzene rings is 1. The van der Waals surface area contributed by atoms with Gasteiger partial charge in [-0.2, -0.15) is 10.1 Å². The van der Waals surface area contributed by atoms with Gasteiger partial charge < -0.3 is 19.7 Å². The molecule has 0 unspecified atom stereocenters. The first-order valence-electron chi connectivity index (χ1n) is 7.72. The Labute approximate surface area is 136 Å². The van der Waals surface area contributed by atoms with Crippen LogP contribution in [0.2, 0.25) is 0 Å². The van der Waals surface area contributed by atoms with Gasteiger partial charge in [0.05, 0.1) is 19.9 Å². The molecule has 2 rings (SSSR count). The van der Waals surface area contributed by atoms with Crippen LogP contribution in [0.1, 0.15) is 13.8 Å². The molecule has 0 aliphatic rings. The molecular formula is C16H23N5O2. The Kier molecular flexibility index (Phi) is 6.40. The Balaban J connectivity index is 1.80. The topological polar surface area (TPSA) is 72.4 Å². The predicted octanol–water partition coefficient (Wildman–Crippen LogP) is 2.22. The summed E-state index contributed by atoms with van der Waals surface area (Å²) < 4.78 is 10.8. The van der Waals surface area contributed by atoms with E-state index in [1.165, 1.54) is 0 Å². The van der Waals surface area contributed by atoms with E-state index in [9.17, 15) is 0 Å². The fourth-order valence-electron chi connectivity index (χ4n) is 2.04. The Morgan fingerprint density at radius 1 is 1.09 bits per heavy atom. The summed E-state index contributed by atoms with van der Waals surface area (Å²) >= 11 is 0. The summed E-state index contributed by atoms with van der Waals surface area (Å²) in [7, 11) is 1.64. The molecule has 1 aromatic carbocycles. The standard InChI is InChI=1S/C16H23N5O2/c1-4-21(5-2)16-19-15(12-18-20-16)17-10-11-23-14-8-6-13(22-3)7-9-14/h6-9,12H,4-5,10-11H2,1-3H3,(H,17,19,20). The smallest absolute Gasteiger partial charge is 0.247 e. The summed E-state index contributed by atoms with van der Waals surface area (Å²) in [4.78, 5) is 6.50. The summed E-state index contributed by atoms with van der Waals surface area (Å²) in [6.45, 7) is 6.98. The average Bonchev–Trinajstić information content (AvgIpc) is 2.61. The van der Waals surface area contributed by atoms with E-state index >= 15 is 0 Å². The van der Waals surface area contributed by atoms with Crippen molar-refractivity contribution < 1.29 is 9.47 Å². The number of anilines is 2. The third-order valence-electron chi connectivity index (χ3n) is 3.33. The highest BCUT2D eigenvalue weighted by Crippen LogP contribution is 2.16. The van der Waals surface area contributed by atoms with Crippen LogP contribution in [0.3, 0.4) is 0 Å². The van der Waals surface area contributed by atoms with Crippen LogP contribution in [-0.4, -0.2) is 48.5 Å². The van der Waals surface area contributed by atoms with Gasteiger partial charge in [0.15, 0.2) is 5.82 Å². The van der Waals surface area contributed by atoms with E-state index < -0.39 is 0 Å². The van der Waals surface area contributed by atoms with Crippen molar-refractivity contribution in [3.05, 3.63) is 30.5 Å². The largest absolute Gasteiger partial charge is 0.497 e. The van der Waals surface area contributed by atoms with Crippen LogP contribution < -0.4 is 19.7 Å². The predicted molar refractivity (Wildman–Crippen MR) is 90.4 cm³/mol. The highest BCUT2D eigenvalue weighted by Gasteiger charge is 2.06. The second kappa shape index (κ2) is 8.77. The number of ether oxygens (including phenoxy) is 2. The lowest BCUT2D eigenvalue weighted by Crippen LogP contribution is -2.25. The van der Waals surface area contributed by atoms with Crippen molar-refractivity contribution in [2.45, 2.75) is 13.8 Å². The van der Waals surface area contributed by atoms with E-state index in [1.54, 1.807) is 13.3 Å². The highest BCUT2D eigenvalue weighted by molar-refractivity contribution is 5.38. The number of aromatic nitrogens is 3. The molecule has 0 bridgehead atoms. The minimum atomic E-state index is 0.525. The van der Waals surface area contributed by atoms with Gasteiger partial charge in [0.1, 0.15) is 18.1 Å². The van der Waals surface area contributed by atoms with Crippen molar-refractivity contribution in [2.75, 3.05) is 43.6 Å². The average molecular weight is 317 g/mol. The summed E-state index contributed by atoms with van der Waals surface area (Å²) in [6, 6.07) is 7.49. The molecular weight excluding hydrogens is 294 g/mol. The lowest BCUT2D eigenvalue weighted by Gasteiger charge is -2.18. The molecule has 1 aromatic heterocycles. The van der Waals surface area contributed by atoms with Crippen molar-refractivity contribution in [3.63, 3.8) is 0 Å². The second-order valence-electron chi connectivity index (χ2n) is 4.76. The highest BCUT2D eigenvalue weighted by atomic mass is 16.5. The SMILES string of the molecule is CCN(CC)c1nncc(NCCOc2ccc(OC)cc2)n1. The third kappa shape index (κ3) is 4.98. The monoisotopic (exact) mass is 317 g/mol. The first-order valence-corrected chi connectivity index (χ1v) is 7.72. The molecule has 0 aliphatic carbocycles. The molecule has 0 amide bonds. The Bertz CT molecular complexity index is 587. The number of hydrogen-bond acceptors (Lipinski definition) is 7. The normalized spacial score (nSPS) is 10.2.